The van der Waals surface area contributed by atoms with E-state index in [-0.39, 0.29) is 5.91 Å². The first-order valence-corrected chi connectivity index (χ1v) is 8.02. The first-order chi connectivity index (χ1) is 9.95. The smallest absolute Gasteiger partial charge is 0.264 e. The third kappa shape index (κ3) is 2.63. The molecule has 1 amide bonds. The van der Waals surface area contributed by atoms with Crippen molar-refractivity contribution < 1.29 is 4.79 Å². The fourth-order valence-electron chi connectivity index (χ4n) is 3.11. The van der Waals surface area contributed by atoms with E-state index >= 15 is 0 Å². The summed E-state index contributed by atoms with van der Waals surface area (Å²) in [4.78, 5) is 17.7. The Morgan fingerprint density at radius 3 is 2.76 bits per heavy atom. The molecule has 0 saturated carbocycles. The van der Waals surface area contributed by atoms with E-state index in [1.165, 1.54) is 0 Å². The number of benzene rings is 1. The van der Waals surface area contributed by atoms with Crippen LogP contribution in [0, 0.1) is 5.92 Å². The van der Waals surface area contributed by atoms with Gasteiger partial charge >= 0.3 is 0 Å². The Morgan fingerprint density at radius 2 is 2.10 bits per heavy atom. The average molecular weight is 303 g/mol. The SMILES string of the molecule is CC1CN(C(=O)c2cc3cc(N)ccc3s2)CC1N(C)C. The highest BCUT2D eigenvalue weighted by atomic mass is 32.1. The van der Waals surface area contributed by atoms with Crippen molar-refractivity contribution in [3.63, 3.8) is 0 Å². The maximum absolute atomic E-state index is 12.7. The Kier molecular flexibility index (Phi) is 3.63. The molecule has 112 valence electrons. The van der Waals surface area contributed by atoms with Crippen molar-refractivity contribution in [3.8, 4) is 0 Å². The molecule has 2 atom stereocenters. The summed E-state index contributed by atoms with van der Waals surface area (Å²) >= 11 is 1.55. The molecule has 1 saturated heterocycles. The second kappa shape index (κ2) is 5.31. The number of nitrogen functional groups attached to an aromatic ring is 1. The molecule has 1 aliphatic heterocycles. The average Bonchev–Trinajstić information content (AvgIpc) is 3.00. The lowest BCUT2D eigenvalue weighted by atomic mass is 10.1. The Morgan fingerprint density at radius 1 is 1.33 bits per heavy atom. The predicted octanol–water partition coefficient (Wildman–Crippen LogP) is 2.51. The van der Waals surface area contributed by atoms with E-state index in [0.717, 1.165) is 33.7 Å². The summed E-state index contributed by atoms with van der Waals surface area (Å²) in [5, 5.41) is 1.06. The highest BCUT2D eigenvalue weighted by molar-refractivity contribution is 7.20. The van der Waals surface area contributed by atoms with E-state index in [9.17, 15) is 4.79 Å². The van der Waals surface area contributed by atoms with Crippen LogP contribution < -0.4 is 5.73 Å². The zero-order chi connectivity index (χ0) is 15.1. The molecule has 2 N–H and O–H groups in total. The summed E-state index contributed by atoms with van der Waals surface area (Å²) in [5.74, 6) is 0.653. The molecule has 0 spiro atoms. The first kappa shape index (κ1) is 14.4. The molecular weight excluding hydrogens is 282 g/mol. The van der Waals surface area contributed by atoms with Gasteiger partial charge in [-0.2, -0.15) is 0 Å². The van der Waals surface area contributed by atoms with E-state index in [4.69, 9.17) is 5.73 Å². The summed E-state index contributed by atoms with van der Waals surface area (Å²) in [6.45, 7) is 3.85. The molecule has 4 nitrogen and oxygen atoms in total. The summed E-state index contributed by atoms with van der Waals surface area (Å²) < 4.78 is 1.11. The van der Waals surface area contributed by atoms with Crippen LogP contribution in [0.4, 0.5) is 5.69 Å². The van der Waals surface area contributed by atoms with E-state index in [1.807, 2.05) is 29.2 Å². The summed E-state index contributed by atoms with van der Waals surface area (Å²) in [6.07, 6.45) is 0. The van der Waals surface area contributed by atoms with E-state index < -0.39 is 0 Å². The quantitative estimate of drug-likeness (QED) is 0.867. The molecule has 3 rings (SSSR count). The van der Waals surface area contributed by atoms with Gasteiger partial charge in [-0.1, -0.05) is 6.92 Å². The lowest BCUT2D eigenvalue weighted by molar-refractivity contribution is 0.0786. The molecule has 2 aromatic rings. The van der Waals surface area contributed by atoms with Crippen molar-refractivity contribution in [2.75, 3.05) is 32.9 Å². The topological polar surface area (TPSA) is 49.6 Å². The van der Waals surface area contributed by atoms with Gasteiger partial charge in [0.15, 0.2) is 0 Å². The summed E-state index contributed by atoms with van der Waals surface area (Å²) in [7, 11) is 4.16. The van der Waals surface area contributed by atoms with Gasteiger partial charge in [0.2, 0.25) is 0 Å². The summed E-state index contributed by atoms with van der Waals surface area (Å²) in [6, 6.07) is 8.21. The number of carbonyl (C=O) groups excluding carboxylic acids is 1. The van der Waals surface area contributed by atoms with Gasteiger partial charge in [-0.25, -0.2) is 0 Å². The van der Waals surface area contributed by atoms with Crippen molar-refractivity contribution in [3.05, 3.63) is 29.1 Å². The van der Waals surface area contributed by atoms with Crippen LogP contribution in [0.3, 0.4) is 0 Å². The van der Waals surface area contributed by atoms with Gasteiger partial charge in [-0.05, 0) is 49.7 Å². The van der Waals surface area contributed by atoms with Crippen LogP contribution in [0.1, 0.15) is 16.6 Å². The first-order valence-electron chi connectivity index (χ1n) is 7.20. The molecule has 0 aliphatic carbocycles. The number of likely N-dealkylation sites (N-methyl/N-ethyl adjacent to an activating group) is 1. The fraction of sp³-hybridized carbons (Fsp3) is 0.438. The van der Waals surface area contributed by atoms with Crippen LogP contribution in [-0.4, -0.2) is 48.9 Å². The van der Waals surface area contributed by atoms with Crippen LogP contribution in [-0.2, 0) is 0 Å². The van der Waals surface area contributed by atoms with Crippen molar-refractivity contribution >= 4 is 33.0 Å². The lowest BCUT2D eigenvalue weighted by Crippen LogP contribution is -2.35. The molecular formula is C16H21N3OS. The number of thiophene rings is 1. The van der Waals surface area contributed by atoms with Gasteiger partial charge < -0.3 is 15.5 Å². The second-order valence-electron chi connectivity index (χ2n) is 6.13. The Bertz CT molecular complexity index is 679. The standard InChI is InChI=1S/C16H21N3OS/c1-10-8-19(9-13(10)18(2)3)16(20)15-7-11-6-12(17)4-5-14(11)21-15/h4-7,10,13H,8-9,17H2,1-3H3. The third-order valence-electron chi connectivity index (χ3n) is 4.27. The normalized spacial score (nSPS) is 22.4. The van der Waals surface area contributed by atoms with Crippen molar-refractivity contribution in [2.24, 2.45) is 5.92 Å². The molecule has 2 heterocycles. The van der Waals surface area contributed by atoms with E-state index in [2.05, 4.69) is 25.9 Å². The predicted molar refractivity (Wildman–Crippen MR) is 88.8 cm³/mol. The number of hydrogen-bond donors (Lipinski definition) is 1. The number of anilines is 1. The zero-order valence-electron chi connectivity index (χ0n) is 12.7. The minimum atomic E-state index is 0.144. The van der Waals surface area contributed by atoms with Gasteiger partial charge in [0.1, 0.15) is 0 Å². The van der Waals surface area contributed by atoms with Crippen molar-refractivity contribution in [1.29, 1.82) is 0 Å². The van der Waals surface area contributed by atoms with Gasteiger partial charge in [0, 0.05) is 29.5 Å². The Balaban J connectivity index is 1.84. The van der Waals surface area contributed by atoms with Crippen molar-refractivity contribution in [1.82, 2.24) is 9.80 Å². The van der Waals surface area contributed by atoms with Crippen LogP contribution in [0.15, 0.2) is 24.3 Å². The number of fused-ring (bicyclic) bond motifs is 1. The third-order valence-corrected chi connectivity index (χ3v) is 5.38. The van der Waals surface area contributed by atoms with Gasteiger partial charge in [-0.15, -0.1) is 11.3 Å². The highest BCUT2D eigenvalue weighted by Gasteiger charge is 2.34. The van der Waals surface area contributed by atoms with E-state index in [0.29, 0.717) is 12.0 Å². The zero-order valence-corrected chi connectivity index (χ0v) is 13.5. The van der Waals surface area contributed by atoms with Crippen LogP contribution >= 0.6 is 11.3 Å². The van der Waals surface area contributed by atoms with E-state index in [1.54, 1.807) is 11.3 Å². The van der Waals surface area contributed by atoms with Crippen LogP contribution in [0.2, 0.25) is 0 Å². The Hall–Kier alpha value is -1.59. The largest absolute Gasteiger partial charge is 0.399 e. The molecule has 5 heteroatoms. The van der Waals surface area contributed by atoms with Gasteiger partial charge in [0.05, 0.1) is 4.88 Å². The fourth-order valence-corrected chi connectivity index (χ4v) is 4.12. The second-order valence-corrected chi connectivity index (χ2v) is 7.21. The number of nitrogens with zero attached hydrogens (tertiary/aromatic N) is 2. The minimum Gasteiger partial charge on any atom is -0.399 e. The molecule has 21 heavy (non-hydrogen) atoms. The minimum absolute atomic E-state index is 0.144. The van der Waals surface area contributed by atoms with Crippen molar-refractivity contribution in [2.45, 2.75) is 13.0 Å². The number of amides is 1. The lowest BCUT2D eigenvalue weighted by Gasteiger charge is -2.22. The number of hydrogen-bond acceptors (Lipinski definition) is 4. The molecule has 1 aromatic carbocycles. The molecule has 0 bridgehead atoms. The maximum atomic E-state index is 12.7. The number of carbonyl (C=O) groups is 1. The number of rotatable bonds is 2. The monoisotopic (exact) mass is 303 g/mol. The molecule has 1 aromatic heterocycles. The molecule has 1 fully saturated rings. The highest BCUT2D eigenvalue weighted by Crippen LogP contribution is 2.30. The number of likely N-dealkylation sites (tertiary alicyclic amines) is 1. The van der Waals surface area contributed by atoms with Gasteiger partial charge in [0.25, 0.3) is 5.91 Å². The summed E-state index contributed by atoms with van der Waals surface area (Å²) in [5.41, 5.74) is 6.54. The molecule has 1 aliphatic rings. The van der Waals surface area contributed by atoms with Crippen LogP contribution in [0.25, 0.3) is 10.1 Å². The van der Waals surface area contributed by atoms with Gasteiger partial charge in [-0.3, -0.25) is 4.79 Å². The van der Waals surface area contributed by atoms with Crippen LogP contribution in [0.5, 0.6) is 0 Å². The Labute approximate surface area is 129 Å². The maximum Gasteiger partial charge on any atom is 0.264 e. The molecule has 0 radical (unpaired) electrons. The number of nitrogens with two attached hydrogens (primary N) is 1. The molecule has 2 unspecified atom stereocenters.